The summed E-state index contributed by atoms with van der Waals surface area (Å²) in [6, 6.07) is 4.02. The van der Waals surface area contributed by atoms with Crippen LogP contribution < -0.4 is 5.32 Å². The zero-order chi connectivity index (χ0) is 13.8. The Balaban J connectivity index is 1.54. The van der Waals surface area contributed by atoms with Crippen molar-refractivity contribution in [3.05, 3.63) is 29.5 Å². The smallest absolute Gasteiger partial charge is 0.236 e. The van der Waals surface area contributed by atoms with E-state index in [1.807, 2.05) is 17.5 Å². The number of hydrogen-bond acceptors (Lipinski definition) is 6. The Bertz CT molecular complexity index is 520. The minimum atomic E-state index is 0.261. The number of nitrogens with one attached hydrogen (secondary N) is 1. The Morgan fingerprint density at radius 3 is 3.25 bits per heavy atom. The predicted molar refractivity (Wildman–Crippen MR) is 78.8 cm³/mol. The molecule has 0 bridgehead atoms. The third-order valence-electron chi connectivity index (χ3n) is 3.24. The van der Waals surface area contributed by atoms with Gasteiger partial charge in [0.15, 0.2) is 0 Å². The third kappa shape index (κ3) is 3.46. The number of aromatic nitrogens is 1. The maximum Gasteiger partial charge on any atom is 0.236 e. The van der Waals surface area contributed by atoms with Gasteiger partial charge in [-0.3, -0.25) is 4.90 Å². The fourth-order valence-corrected chi connectivity index (χ4v) is 2.97. The van der Waals surface area contributed by atoms with Crippen LogP contribution in [0.3, 0.4) is 0 Å². The summed E-state index contributed by atoms with van der Waals surface area (Å²) in [4.78, 5) is 7.82. The second-order valence-corrected chi connectivity index (χ2v) is 5.96. The van der Waals surface area contributed by atoms with Gasteiger partial charge in [0, 0.05) is 26.2 Å². The van der Waals surface area contributed by atoms with Crippen molar-refractivity contribution in [2.24, 2.45) is 0 Å². The molecule has 2 aromatic heterocycles. The SMILES string of the molecule is CN(Cc1coc(-c2cccs2)n1)CC1CNCCO1. The van der Waals surface area contributed by atoms with Crippen LogP contribution in [0.5, 0.6) is 0 Å². The number of ether oxygens (including phenoxy) is 1. The standard InChI is InChI=1S/C14H19N3O2S/c1-17(9-12-7-15-4-5-18-12)8-11-10-19-14(16-11)13-3-2-6-20-13/h2-3,6,10,12,15H,4-5,7-9H2,1H3. The van der Waals surface area contributed by atoms with Gasteiger partial charge < -0.3 is 14.5 Å². The summed E-state index contributed by atoms with van der Waals surface area (Å²) in [5.41, 5.74) is 0.958. The monoisotopic (exact) mass is 293 g/mol. The normalized spacial score (nSPS) is 19.6. The summed E-state index contributed by atoms with van der Waals surface area (Å²) >= 11 is 1.64. The number of hydrogen-bond donors (Lipinski definition) is 1. The second-order valence-electron chi connectivity index (χ2n) is 5.01. The second kappa shape index (κ2) is 6.49. The highest BCUT2D eigenvalue weighted by molar-refractivity contribution is 7.13. The van der Waals surface area contributed by atoms with Gasteiger partial charge in [-0.05, 0) is 18.5 Å². The molecule has 0 radical (unpaired) electrons. The first-order chi connectivity index (χ1) is 9.81. The van der Waals surface area contributed by atoms with Crippen molar-refractivity contribution in [3.8, 4) is 10.8 Å². The van der Waals surface area contributed by atoms with E-state index in [-0.39, 0.29) is 6.10 Å². The fraction of sp³-hybridized carbons (Fsp3) is 0.500. The van der Waals surface area contributed by atoms with Gasteiger partial charge in [0.1, 0.15) is 6.26 Å². The van der Waals surface area contributed by atoms with E-state index in [9.17, 15) is 0 Å². The number of rotatable bonds is 5. The summed E-state index contributed by atoms with van der Waals surface area (Å²) in [6.45, 7) is 4.34. The molecular formula is C14H19N3O2S. The average Bonchev–Trinajstić information content (AvgIpc) is 3.10. The van der Waals surface area contributed by atoms with E-state index >= 15 is 0 Å². The molecule has 108 valence electrons. The van der Waals surface area contributed by atoms with Crippen LogP contribution in [0, 0.1) is 0 Å². The van der Waals surface area contributed by atoms with Gasteiger partial charge in [-0.2, -0.15) is 0 Å². The van der Waals surface area contributed by atoms with E-state index in [0.717, 1.165) is 43.4 Å². The van der Waals surface area contributed by atoms with Crippen LogP contribution in [0.25, 0.3) is 10.8 Å². The summed E-state index contributed by atoms with van der Waals surface area (Å²) in [7, 11) is 2.08. The molecule has 1 N–H and O–H groups in total. The van der Waals surface area contributed by atoms with Crippen molar-refractivity contribution >= 4 is 11.3 Å². The zero-order valence-corrected chi connectivity index (χ0v) is 12.4. The molecule has 1 aliphatic heterocycles. The minimum absolute atomic E-state index is 0.261. The van der Waals surface area contributed by atoms with Crippen molar-refractivity contribution in [2.45, 2.75) is 12.6 Å². The van der Waals surface area contributed by atoms with E-state index in [4.69, 9.17) is 9.15 Å². The van der Waals surface area contributed by atoms with Gasteiger partial charge in [0.2, 0.25) is 5.89 Å². The molecule has 5 nitrogen and oxygen atoms in total. The summed E-state index contributed by atoms with van der Waals surface area (Å²) < 4.78 is 11.2. The van der Waals surface area contributed by atoms with Gasteiger partial charge in [0.25, 0.3) is 0 Å². The maximum atomic E-state index is 5.70. The number of oxazole rings is 1. The predicted octanol–water partition coefficient (Wildman–Crippen LogP) is 1.82. The van der Waals surface area contributed by atoms with Crippen molar-refractivity contribution in [3.63, 3.8) is 0 Å². The van der Waals surface area contributed by atoms with E-state index in [1.54, 1.807) is 17.6 Å². The highest BCUT2D eigenvalue weighted by atomic mass is 32.1. The first-order valence-corrected chi connectivity index (χ1v) is 7.68. The average molecular weight is 293 g/mol. The van der Waals surface area contributed by atoms with Crippen molar-refractivity contribution in [1.82, 2.24) is 15.2 Å². The summed E-state index contributed by atoms with van der Waals surface area (Å²) in [6.07, 6.45) is 2.00. The molecule has 0 aromatic carbocycles. The molecule has 0 saturated carbocycles. The van der Waals surface area contributed by atoms with Crippen LogP contribution in [-0.4, -0.2) is 49.3 Å². The molecule has 0 amide bonds. The van der Waals surface area contributed by atoms with Gasteiger partial charge in [-0.1, -0.05) is 6.07 Å². The molecule has 1 atom stereocenters. The Labute approximate surface area is 122 Å². The van der Waals surface area contributed by atoms with Crippen molar-refractivity contribution < 1.29 is 9.15 Å². The fourth-order valence-electron chi connectivity index (χ4n) is 2.32. The molecule has 6 heteroatoms. The first kappa shape index (κ1) is 13.8. The highest BCUT2D eigenvalue weighted by Gasteiger charge is 2.16. The lowest BCUT2D eigenvalue weighted by Crippen LogP contribution is -2.44. The van der Waals surface area contributed by atoms with Crippen LogP contribution in [0.15, 0.2) is 28.2 Å². The lowest BCUT2D eigenvalue weighted by Gasteiger charge is -2.27. The third-order valence-corrected chi connectivity index (χ3v) is 4.09. The van der Waals surface area contributed by atoms with E-state index in [1.165, 1.54) is 0 Å². The molecule has 1 aliphatic rings. The van der Waals surface area contributed by atoms with Crippen LogP contribution in [-0.2, 0) is 11.3 Å². The minimum Gasteiger partial charge on any atom is -0.444 e. The zero-order valence-electron chi connectivity index (χ0n) is 11.5. The van der Waals surface area contributed by atoms with Gasteiger partial charge in [-0.25, -0.2) is 4.98 Å². The largest absolute Gasteiger partial charge is 0.444 e. The molecular weight excluding hydrogens is 274 g/mol. The van der Waals surface area contributed by atoms with E-state index in [0.29, 0.717) is 5.89 Å². The Morgan fingerprint density at radius 2 is 2.50 bits per heavy atom. The van der Waals surface area contributed by atoms with Crippen LogP contribution in [0.1, 0.15) is 5.69 Å². The number of morpholine rings is 1. The van der Waals surface area contributed by atoms with Crippen LogP contribution in [0.2, 0.25) is 0 Å². The summed E-state index contributed by atoms with van der Waals surface area (Å²) in [5, 5.41) is 5.37. The Morgan fingerprint density at radius 1 is 1.55 bits per heavy atom. The van der Waals surface area contributed by atoms with Crippen molar-refractivity contribution in [2.75, 3.05) is 33.3 Å². The topological polar surface area (TPSA) is 50.5 Å². The van der Waals surface area contributed by atoms with Crippen LogP contribution in [0.4, 0.5) is 0 Å². The molecule has 2 aromatic rings. The molecule has 0 aliphatic carbocycles. The quantitative estimate of drug-likeness (QED) is 0.911. The maximum absolute atomic E-state index is 5.70. The number of thiophene rings is 1. The molecule has 20 heavy (non-hydrogen) atoms. The molecule has 3 rings (SSSR count). The lowest BCUT2D eigenvalue weighted by atomic mass is 10.3. The summed E-state index contributed by atoms with van der Waals surface area (Å²) in [5.74, 6) is 0.707. The van der Waals surface area contributed by atoms with Gasteiger partial charge in [0.05, 0.1) is 23.3 Å². The molecule has 3 heterocycles. The molecule has 0 spiro atoms. The first-order valence-electron chi connectivity index (χ1n) is 6.80. The number of nitrogens with zero attached hydrogens (tertiary/aromatic N) is 2. The van der Waals surface area contributed by atoms with E-state index < -0.39 is 0 Å². The number of likely N-dealkylation sites (N-methyl/N-ethyl adjacent to an activating group) is 1. The lowest BCUT2D eigenvalue weighted by molar-refractivity contribution is 0.00867. The van der Waals surface area contributed by atoms with Gasteiger partial charge in [-0.15, -0.1) is 11.3 Å². The van der Waals surface area contributed by atoms with E-state index in [2.05, 4.69) is 22.2 Å². The highest BCUT2D eigenvalue weighted by Crippen LogP contribution is 2.23. The molecule has 1 saturated heterocycles. The Hall–Kier alpha value is -1.21. The molecule has 1 unspecified atom stereocenters. The van der Waals surface area contributed by atoms with Gasteiger partial charge >= 0.3 is 0 Å². The molecule has 1 fully saturated rings. The van der Waals surface area contributed by atoms with Crippen molar-refractivity contribution in [1.29, 1.82) is 0 Å². The van der Waals surface area contributed by atoms with Crippen LogP contribution >= 0.6 is 11.3 Å². The Kier molecular flexibility index (Phi) is 4.47.